The summed E-state index contributed by atoms with van der Waals surface area (Å²) in [7, 11) is 1.40. The molecule has 0 saturated heterocycles. The van der Waals surface area contributed by atoms with Gasteiger partial charge in [0.1, 0.15) is 5.69 Å². The summed E-state index contributed by atoms with van der Waals surface area (Å²) in [6.45, 7) is 2.99. The quantitative estimate of drug-likeness (QED) is 0.627. The van der Waals surface area contributed by atoms with E-state index in [1.54, 1.807) is 0 Å². The molecule has 128 valence electrons. The summed E-state index contributed by atoms with van der Waals surface area (Å²) in [4.78, 5) is 12.5. The van der Waals surface area contributed by atoms with Crippen LogP contribution in [0.5, 0.6) is 5.88 Å². The number of esters is 1. The van der Waals surface area contributed by atoms with Crippen LogP contribution in [0.1, 0.15) is 23.0 Å². The number of hydrogen-bond donors (Lipinski definition) is 0. The van der Waals surface area contributed by atoms with Gasteiger partial charge in [-0.1, -0.05) is 60.7 Å². The fraction of sp³-hybridized carbons (Fsp3) is 0.190. The van der Waals surface area contributed by atoms with Crippen LogP contribution >= 0.6 is 0 Å². The Labute approximate surface area is 147 Å². The first-order valence-electron chi connectivity index (χ1n) is 8.28. The minimum Gasteiger partial charge on any atom is -0.479 e. The molecule has 4 nitrogen and oxygen atoms in total. The highest BCUT2D eigenvalue weighted by molar-refractivity contribution is 5.96. The van der Waals surface area contributed by atoms with Gasteiger partial charge < -0.3 is 14.0 Å². The fourth-order valence-corrected chi connectivity index (χ4v) is 2.87. The van der Waals surface area contributed by atoms with Crippen molar-refractivity contribution in [3.05, 3.63) is 78.0 Å². The fourth-order valence-electron chi connectivity index (χ4n) is 2.87. The summed E-state index contributed by atoms with van der Waals surface area (Å²) < 4.78 is 12.7. The lowest BCUT2D eigenvalue weighted by atomic mass is 10.1. The molecule has 0 aliphatic carbocycles. The van der Waals surface area contributed by atoms with Crippen molar-refractivity contribution in [1.82, 2.24) is 4.57 Å². The van der Waals surface area contributed by atoms with Crippen LogP contribution in [-0.2, 0) is 11.3 Å². The van der Waals surface area contributed by atoms with E-state index in [1.807, 2.05) is 78.2 Å². The maximum atomic E-state index is 12.5. The number of benzene rings is 2. The van der Waals surface area contributed by atoms with E-state index in [9.17, 15) is 4.79 Å². The zero-order valence-electron chi connectivity index (χ0n) is 14.4. The van der Waals surface area contributed by atoms with E-state index in [1.165, 1.54) is 7.11 Å². The minimum absolute atomic E-state index is 0.374. The van der Waals surface area contributed by atoms with Crippen LogP contribution in [0.25, 0.3) is 11.1 Å². The number of carbonyl (C=O) groups is 1. The molecule has 0 atom stereocenters. The molecule has 0 amide bonds. The van der Waals surface area contributed by atoms with Crippen LogP contribution in [0.2, 0.25) is 0 Å². The second-order valence-corrected chi connectivity index (χ2v) is 5.61. The molecule has 0 aliphatic heterocycles. The Morgan fingerprint density at radius 1 is 1.00 bits per heavy atom. The van der Waals surface area contributed by atoms with Gasteiger partial charge in [-0.25, -0.2) is 4.79 Å². The Morgan fingerprint density at radius 3 is 2.24 bits per heavy atom. The van der Waals surface area contributed by atoms with Crippen molar-refractivity contribution in [2.24, 2.45) is 0 Å². The first kappa shape index (κ1) is 16.8. The van der Waals surface area contributed by atoms with Crippen LogP contribution in [-0.4, -0.2) is 24.3 Å². The van der Waals surface area contributed by atoms with Crippen molar-refractivity contribution in [1.29, 1.82) is 0 Å². The van der Waals surface area contributed by atoms with E-state index >= 15 is 0 Å². The number of rotatable bonds is 6. The molecular weight excluding hydrogens is 314 g/mol. The lowest BCUT2D eigenvalue weighted by Gasteiger charge is -2.13. The highest BCUT2D eigenvalue weighted by Crippen LogP contribution is 2.33. The van der Waals surface area contributed by atoms with Crippen LogP contribution in [0.4, 0.5) is 0 Å². The molecule has 2 aromatic carbocycles. The van der Waals surface area contributed by atoms with Gasteiger partial charge in [-0.2, -0.15) is 0 Å². The number of hydrogen-bond acceptors (Lipinski definition) is 3. The summed E-state index contributed by atoms with van der Waals surface area (Å²) in [5.74, 6) is 0.284. The maximum Gasteiger partial charge on any atom is 0.355 e. The molecular formula is C21H21NO3. The van der Waals surface area contributed by atoms with Gasteiger partial charge in [0.15, 0.2) is 5.88 Å². The topological polar surface area (TPSA) is 40.5 Å². The predicted octanol–water partition coefficient (Wildman–Crippen LogP) is 4.39. The third-order valence-electron chi connectivity index (χ3n) is 4.00. The van der Waals surface area contributed by atoms with Crippen LogP contribution in [0.3, 0.4) is 0 Å². The Hall–Kier alpha value is -3.01. The normalized spacial score (nSPS) is 10.5. The zero-order valence-corrected chi connectivity index (χ0v) is 14.4. The van der Waals surface area contributed by atoms with E-state index in [2.05, 4.69) is 0 Å². The largest absolute Gasteiger partial charge is 0.479 e. The molecule has 1 heterocycles. The number of carbonyl (C=O) groups excluding carboxylic acids is 1. The molecule has 25 heavy (non-hydrogen) atoms. The molecule has 0 N–H and O–H groups in total. The van der Waals surface area contributed by atoms with Crippen molar-refractivity contribution in [2.75, 3.05) is 13.7 Å². The second kappa shape index (κ2) is 7.71. The van der Waals surface area contributed by atoms with Crippen LogP contribution < -0.4 is 4.74 Å². The molecule has 0 saturated carbocycles. The summed E-state index contributed by atoms with van der Waals surface area (Å²) in [5.41, 5.74) is 3.35. The average molecular weight is 335 g/mol. The van der Waals surface area contributed by atoms with E-state index in [-0.39, 0.29) is 5.97 Å². The monoisotopic (exact) mass is 335 g/mol. The van der Waals surface area contributed by atoms with Gasteiger partial charge in [0.05, 0.1) is 20.3 Å². The number of aromatic nitrogens is 1. The molecule has 0 spiro atoms. The van der Waals surface area contributed by atoms with E-state index in [4.69, 9.17) is 9.47 Å². The van der Waals surface area contributed by atoms with Crippen molar-refractivity contribution < 1.29 is 14.3 Å². The Bertz CT molecular complexity index is 838. The molecule has 3 aromatic rings. The Morgan fingerprint density at radius 2 is 1.64 bits per heavy atom. The van der Waals surface area contributed by atoms with Gasteiger partial charge >= 0.3 is 5.97 Å². The second-order valence-electron chi connectivity index (χ2n) is 5.61. The van der Waals surface area contributed by atoms with Gasteiger partial charge in [0.25, 0.3) is 0 Å². The highest BCUT2D eigenvalue weighted by Gasteiger charge is 2.23. The van der Waals surface area contributed by atoms with Crippen molar-refractivity contribution >= 4 is 5.97 Å². The molecule has 0 fully saturated rings. The predicted molar refractivity (Wildman–Crippen MR) is 97.9 cm³/mol. The molecule has 0 unspecified atom stereocenters. The molecule has 1 aromatic heterocycles. The minimum atomic E-state index is -0.374. The third-order valence-corrected chi connectivity index (χ3v) is 4.00. The lowest BCUT2D eigenvalue weighted by Crippen LogP contribution is -2.14. The first-order chi connectivity index (χ1) is 12.2. The van der Waals surface area contributed by atoms with Gasteiger partial charge in [0, 0.05) is 11.6 Å². The lowest BCUT2D eigenvalue weighted by molar-refractivity contribution is 0.0588. The average Bonchev–Trinajstić information content (AvgIpc) is 3.01. The SMILES string of the molecule is CCOc1cc(-c2ccccc2)c(C(=O)OC)n1Cc1ccccc1. The summed E-state index contributed by atoms with van der Waals surface area (Å²) >= 11 is 0. The van der Waals surface area contributed by atoms with Gasteiger partial charge in [0.2, 0.25) is 0 Å². The first-order valence-corrected chi connectivity index (χ1v) is 8.28. The van der Waals surface area contributed by atoms with Gasteiger partial charge in [-0.15, -0.1) is 0 Å². The van der Waals surface area contributed by atoms with Crippen molar-refractivity contribution in [3.63, 3.8) is 0 Å². The van der Waals surface area contributed by atoms with E-state index < -0.39 is 0 Å². The molecule has 0 bridgehead atoms. The highest BCUT2D eigenvalue weighted by atomic mass is 16.5. The standard InChI is InChI=1S/C21H21NO3/c1-3-25-19-14-18(17-12-8-5-9-13-17)20(21(23)24-2)22(19)15-16-10-6-4-7-11-16/h4-14H,3,15H2,1-2H3. The van der Waals surface area contributed by atoms with Crippen LogP contribution in [0, 0.1) is 0 Å². The molecule has 0 aliphatic rings. The van der Waals surface area contributed by atoms with Gasteiger partial charge in [-0.3, -0.25) is 0 Å². The number of ether oxygens (including phenoxy) is 2. The van der Waals surface area contributed by atoms with E-state index in [0.29, 0.717) is 24.7 Å². The van der Waals surface area contributed by atoms with E-state index in [0.717, 1.165) is 16.7 Å². The van der Waals surface area contributed by atoms with Gasteiger partial charge in [-0.05, 0) is 18.1 Å². The third kappa shape index (κ3) is 3.58. The molecule has 3 rings (SSSR count). The molecule has 4 heteroatoms. The number of nitrogens with zero attached hydrogens (tertiary/aromatic N) is 1. The maximum absolute atomic E-state index is 12.5. The smallest absolute Gasteiger partial charge is 0.355 e. The van der Waals surface area contributed by atoms with Crippen molar-refractivity contribution in [2.45, 2.75) is 13.5 Å². The molecule has 0 radical (unpaired) electrons. The Balaban J connectivity index is 2.16. The Kier molecular flexibility index (Phi) is 5.19. The summed E-state index contributed by atoms with van der Waals surface area (Å²) in [6.07, 6.45) is 0. The van der Waals surface area contributed by atoms with Crippen LogP contribution in [0.15, 0.2) is 66.7 Å². The summed E-state index contributed by atoms with van der Waals surface area (Å²) in [5, 5.41) is 0. The summed E-state index contributed by atoms with van der Waals surface area (Å²) in [6, 6.07) is 21.7. The zero-order chi connectivity index (χ0) is 17.6. The van der Waals surface area contributed by atoms with Crippen molar-refractivity contribution in [3.8, 4) is 17.0 Å². The number of methoxy groups -OCH3 is 1.